The predicted molar refractivity (Wildman–Crippen MR) is 89.8 cm³/mol. The van der Waals surface area contributed by atoms with Gasteiger partial charge < -0.3 is 10.6 Å². The summed E-state index contributed by atoms with van der Waals surface area (Å²) in [7, 11) is 0. The van der Waals surface area contributed by atoms with Crippen LogP contribution in [0.1, 0.15) is 64.2 Å². The van der Waals surface area contributed by atoms with Crippen molar-refractivity contribution in [3.63, 3.8) is 0 Å². The van der Waals surface area contributed by atoms with E-state index in [0.717, 1.165) is 12.8 Å². The summed E-state index contributed by atoms with van der Waals surface area (Å²) in [6.07, 6.45) is 4.13. The Kier molecular flexibility index (Phi) is 7.28. The van der Waals surface area contributed by atoms with Crippen LogP contribution in [0, 0.1) is 0 Å². The number of carbonyl (C=O) groups excluding carboxylic acids is 2. The summed E-state index contributed by atoms with van der Waals surface area (Å²) >= 11 is 0. The predicted octanol–water partition coefficient (Wildman–Crippen LogP) is 4.43. The summed E-state index contributed by atoms with van der Waals surface area (Å²) in [5.74, 6) is -31.5. The molecule has 2 saturated carbocycles. The van der Waals surface area contributed by atoms with Gasteiger partial charge in [0.1, 0.15) is 0 Å². The van der Waals surface area contributed by atoms with Crippen molar-refractivity contribution in [2.45, 2.75) is 100.0 Å². The van der Waals surface area contributed by atoms with Crippen molar-refractivity contribution in [2.24, 2.45) is 0 Å². The molecule has 0 spiro atoms. The summed E-state index contributed by atoms with van der Waals surface area (Å²) in [5.41, 5.74) is 0. The van der Waals surface area contributed by atoms with E-state index in [1.54, 1.807) is 0 Å². The number of rotatable bonds is 7. The van der Waals surface area contributed by atoms with Crippen LogP contribution in [0.4, 0.5) is 35.1 Å². The molecule has 2 aliphatic rings. The van der Waals surface area contributed by atoms with Crippen LogP contribution in [0.2, 0.25) is 0 Å². The Labute approximate surface area is 168 Å². The lowest BCUT2D eigenvalue weighted by Gasteiger charge is -2.36. The van der Waals surface area contributed by atoms with E-state index in [9.17, 15) is 44.7 Å². The third-order valence-corrected chi connectivity index (χ3v) is 5.63. The van der Waals surface area contributed by atoms with Gasteiger partial charge in [0.25, 0.3) is 11.8 Å². The van der Waals surface area contributed by atoms with Gasteiger partial charge in [0.15, 0.2) is 0 Å². The van der Waals surface area contributed by atoms with Crippen molar-refractivity contribution >= 4 is 11.8 Å². The monoisotopic (exact) mass is 452 g/mol. The van der Waals surface area contributed by atoms with E-state index in [1.807, 2.05) is 0 Å². The van der Waals surface area contributed by atoms with E-state index in [2.05, 4.69) is 0 Å². The number of alkyl halides is 8. The molecule has 0 bridgehead atoms. The maximum atomic E-state index is 14.0. The van der Waals surface area contributed by atoms with E-state index in [4.69, 9.17) is 0 Å². The molecule has 0 heterocycles. The standard InChI is InChI=1S/C18H24F8N2O2/c19-15(20,13(29)27-11-7-3-1-4-8-11)17(23,24)18(25,26)16(21,22)14(30)28-12-9-5-2-6-10-12/h11-12H,1-10H2,(H,27,29)(H,28,30). The number of hydrogen-bond donors (Lipinski definition) is 2. The first-order valence-corrected chi connectivity index (χ1v) is 9.88. The molecular weight excluding hydrogens is 428 g/mol. The number of hydrogen-bond acceptors (Lipinski definition) is 2. The number of halogens is 8. The lowest BCUT2D eigenvalue weighted by molar-refractivity contribution is -0.347. The smallest absolute Gasteiger partial charge is 0.348 e. The number of amides is 2. The zero-order valence-electron chi connectivity index (χ0n) is 16.1. The second-order valence-electron chi connectivity index (χ2n) is 7.91. The molecule has 174 valence electrons. The minimum absolute atomic E-state index is 0.170. The largest absolute Gasteiger partial charge is 0.392 e. The summed E-state index contributed by atoms with van der Waals surface area (Å²) < 4.78 is 112. The Balaban J connectivity index is 2.18. The van der Waals surface area contributed by atoms with E-state index in [-0.39, 0.29) is 25.7 Å². The van der Waals surface area contributed by atoms with Crippen LogP contribution >= 0.6 is 0 Å². The van der Waals surface area contributed by atoms with Crippen molar-refractivity contribution < 1.29 is 44.7 Å². The zero-order chi connectivity index (χ0) is 22.8. The van der Waals surface area contributed by atoms with Crippen molar-refractivity contribution in [1.82, 2.24) is 10.6 Å². The molecular formula is C18H24F8N2O2. The van der Waals surface area contributed by atoms with Crippen molar-refractivity contribution in [2.75, 3.05) is 0 Å². The maximum Gasteiger partial charge on any atom is 0.392 e. The van der Waals surface area contributed by atoms with Crippen molar-refractivity contribution in [3.8, 4) is 0 Å². The van der Waals surface area contributed by atoms with Gasteiger partial charge in [-0.1, -0.05) is 38.5 Å². The third-order valence-electron chi connectivity index (χ3n) is 5.63. The average Bonchev–Trinajstić information content (AvgIpc) is 2.69. The van der Waals surface area contributed by atoms with Crippen LogP contribution in [-0.4, -0.2) is 47.6 Å². The molecule has 0 aliphatic heterocycles. The van der Waals surface area contributed by atoms with E-state index >= 15 is 0 Å². The van der Waals surface area contributed by atoms with Gasteiger partial charge in [-0.25, -0.2) is 0 Å². The van der Waals surface area contributed by atoms with Crippen LogP contribution in [0.5, 0.6) is 0 Å². The molecule has 2 aliphatic carbocycles. The summed E-state index contributed by atoms with van der Waals surface area (Å²) in [5, 5.41) is 3.07. The highest BCUT2D eigenvalue weighted by molar-refractivity contribution is 5.87. The minimum atomic E-state index is -6.81. The molecule has 0 saturated heterocycles. The molecule has 30 heavy (non-hydrogen) atoms. The molecule has 2 amide bonds. The van der Waals surface area contributed by atoms with Gasteiger partial charge in [-0.05, 0) is 25.7 Å². The first-order valence-electron chi connectivity index (χ1n) is 9.88. The average molecular weight is 452 g/mol. The minimum Gasteiger partial charge on any atom is -0.348 e. The van der Waals surface area contributed by atoms with Crippen LogP contribution < -0.4 is 10.6 Å². The third kappa shape index (κ3) is 4.51. The fraction of sp³-hybridized carbons (Fsp3) is 0.889. The van der Waals surface area contributed by atoms with Crippen LogP contribution in [0.3, 0.4) is 0 Å². The molecule has 0 aromatic carbocycles. The Morgan fingerprint density at radius 2 is 0.800 bits per heavy atom. The zero-order valence-corrected chi connectivity index (χ0v) is 16.1. The van der Waals surface area contributed by atoms with E-state index in [0.29, 0.717) is 25.7 Å². The Morgan fingerprint density at radius 1 is 0.533 bits per heavy atom. The summed E-state index contributed by atoms with van der Waals surface area (Å²) in [4.78, 5) is 23.2. The molecule has 0 unspecified atom stereocenters. The van der Waals surface area contributed by atoms with Crippen molar-refractivity contribution in [3.05, 3.63) is 0 Å². The molecule has 12 heteroatoms. The number of carbonyl (C=O) groups is 2. The van der Waals surface area contributed by atoms with Crippen LogP contribution in [0.25, 0.3) is 0 Å². The highest BCUT2D eigenvalue weighted by Crippen LogP contribution is 2.53. The Bertz CT molecular complexity index is 576. The lowest BCUT2D eigenvalue weighted by atomic mass is 9.93. The normalized spacial score (nSPS) is 20.7. The molecule has 0 aromatic rings. The van der Waals surface area contributed by atoms with Crippen LogP contribution in [0.15, 0.2) is 0 Å². The second kappa shape index (κ2) is 8.86. The van der Waals surface area contributed by atoms with Crippen molar-refractivity contribution in [1.29, 1.82) is 0 Å². The topological polar surface area (TPSA) is 58.2 Å². The first kappa shape index (κ1) is 24.6. The van der Waals surface area contributed by atoms with Gasteiger partial charge in [-0.2, -0.15) is 35.1 Å². The second-order valence-corrected chi connectivity index (χ2v) is 7.91. The van der Waals surface area contributed by atoms with Gasteiger partial charge in [0.2, 0.25) is 0 Å². The van der Waals surface area contributed by atoms with Gasteiger partial charge in [0.05, 0.1) is 0 Å². The quantitative estimate of drug-likeness (QED) is 0.562. The first-order chi connectivity index (χ1) is 13.7. The maximum absolute atomic E-state index is 14.0. The molecule has 4 nitrogen and oxygen atoms in total. The van der Waals surface area contributed by atoms with E-state index < -0.39 is 47.6 Å². The summed E-state index contributed by atoms with van der Waals surface area (Å²) in [6.45, 7) is 0. The Hall–Kier alpha value is -1.62. The highest BCUT2D eigenvalue weighted by Gasteiger charge is 2.84. The molecule has 0 aromatic heterocycles. The molecule has 0 atom stereocenters. The SMILES string of the molecule is O=C(NC1CCCCC1)C(F)(F)C(F)(F)C(F)(F)C(F)(F)C(=O)NC1CCCCC1. The highest BCUT2D eigenvalue weighted by atomic mass is 19.4. The van der Waals surface area contributed by atoms with Crippen LogP contribution in [-0.2, 0) is 9.59 Å². The molecule has 2 N–H and O–H groups in total. The summed E-state index contributed by atoms with van der Waals surface area (Å²) in [6, 6.07) is -1.90. The molecule has 0 radical (unpaired) electrons. The van der Waals surface area contributed by atoms with Gasteiger partial charge in [-0.3, -0.25) is 9.59 Å². The lowest BCUT2D eigenvalue weighted by Crippen LogP contribution is -2.69. The van der Waals surface area contributed by atoms with Gasteiger partial charge in [-0.15, -0.1) is 0 Å². The molecule has 2 rings (SSSR count). The Morgan fingerprint density at radius 3 is 1.07 bits per heavy atom. The van der Waals surface area contributed by atoms with E-state index in [1.165, 1.54) is 10.6 Å². The van der Waals surface area contributed by atoms with Gasteiger partial charge >= 0.3 is 23.7 Å². The number of nitrogens with one attached hydrogen (secondary N) is 2. The molecule has 2 fully saturated rings. The fourth-order valence-electron chi connectivity index (χ4n) is 3.73. The van der Waals surface area contributed by atoms with Gasteiger partial charge in [0, 0.05) is 12.1 Å². The fourth-order valence-corrected chi connectivity index (χ4v) is 3.73.